The topological polar surface area (TPSA) is 47.6 Å². The molecule has 0 fully saturated rings. The van der Waals surface area contributed by atoms with Gasteiger partial charge < -0.3 is 14.8 Å². The SMILES string of the molecule is COCOC=C1C(=O)Nc2cc(Br)ccc21. The zero-order valence-electron chi connectivity index (χ0n) is 8.62. The highest BCUT2D eigenvalue weighted by atomic mass is 79.9. The zero-order chi connectivity index (χ0) is 11.5. The van der Waals surface area contributed by atoms with E-state index in [0.29, 0.717) is 5.57 Å². The summed E-state index contributed by atoms with van der Waals surface area (Å²) in [5.74, 6) is -0.163. The summed E-state index contributed by atoms with van der Waals surface area (Å²) in [4.78, 5) is 11.6. The Balaban J connectivity index is 2.29. The predicted molar refractivity (Wildman–Crippen MR) is 63.7 cm³/mol. The normalized spacial score (nSPS) is 16.1. The van der Waals surface area contributed by atoms with Gasteiger partial charge in [0.1, 0.15) is 0 Å². The molecule has 0 atom stereocenters. The van der Waals surface area contributed by atoms with Crippen LogP contribution in [0, 0.1) is 0 Å². The summed E-state index contributed by atoms with van der Waals surface area (Å²) in [5.41, 5.74) is 2.13. The van der Waals surface area contributed by atoms with Gasteiger partial charge in [-0.1, -0.05) is 22.0 Å². The Kier molecular flexibility index (Phi) is 3.26. The molecular weight excluding hydrogens is 274 g/mol. The Bertz CT molecular complexity index is 457. The maximum Gasteiger partial charge on any atom is 0.259 e. The predicted octanol–water partition coefficient (Wildman–Crippen LogP) is 2.36. The number of nitrogens with one attached hydrogen (secondary N) is 1. The molecule has 0 aromatic heterocycles. The summed E-state index contributed by atoms with van der Waals surface area (Å²) in [6, 6.07) is 5.59. The highest BCUT2D eigenvalue weighted by molar-refractivity contribution is 9.10. The second-order valence-corrected chi connectivity index (χ2v) is 4.16. The van der Waals surface area contributed by atoms with E-state index in [1.807, 2.05) is 18.2 Å². The fraction of sp³-hybridized carbons (Fsp3) is 0.182. The van der Waals surface area contributed by atoms with Crippen molar-refractivity contribution in [1.82, 2.24) is 0 Å². The van der Waals surface area contributed by atoms with Crippen molar-refractivity contribution in [3.05, 3.63) is 34.5 Å². The molecule has 1 amide bonds. The number of carbonyl (C=O) groups is 1. The minimum Gasteiger partial charge on any atom is -0.474 e. The Hall–Kier alpha value is -1.33. The standard InChI is InChI=1S/C11H10BrNO3/c1-15-6-16-5-9-8-3-2-7(12)4-10(8)13-11(9)14/h2-5H,6H2,1H3,(H,13,14). The van der Waals surface area contributed by atoms with Crippen LogP contribution in [-0.4, -0.2) is 19.8 Å². The summed E-state index contributed by atoms with van der Waals surface area (Å²) < 4.78 is 10.7. The molecule has 0 radical (unpaired) electrons. The van der Waals surface area contributed by atoms with Gasteiger partial charge in [0, 0.05) is 17.1 Å². The third kappa shape index (κ3) is 2.10. The summed E-state index contributed by atoms with van der Waals surface area (Å²) in [6.45, 7) is 0.128. The molecule has 4 nitrogen and oxygen atoms in total. The Labute approximate surface area is 101 Å². The van der Waals surface area contributed by atoms with E-state index in [2.05, 4.69) is 21.2 Å². The molecule has 0 saturated carbocycles. The maximum absolute atomic E-state index is 11.6. The average Bonchev–Trinajstić information content (AvgIpc) is 2.55. The van der Waals surface area contributed by atoms with E-state index < -0.39 is 0 Å². The average molecular weight is 284 g/mol. The van der Waals surface area contributed by atoms with Gasteiger partial charge in [0.2, 0.25) is 0 Å². The van der Waals surface area contributed by atoms with Gasteiger partial charge in [0.15, 0.2) is 6.79 Å². The van der Waals surface area contributed by atoms with Gasteiger partial charge in [-0.2, -0.15) is 0 Å². The first-order valence-corrected chi connectivity index (χ1v) is 5.43. The van der Waals surface area contributed by atoms with Crippen LogP contribution in [0.1, 0.15) is 5.56 Å². The van der Waals surface area contributed by atoms with Crippen molar-refractivity contribution in [3.8, 4) is 0 Å². The highest BCUT2D eigenvalue weighted by Gasteiger charge is 2.24. The van der Waals surface area contributed by atoms with E-state index in [0.717, 1.165) is 15.7 Å². The second-order valence-electron chi connectivity index (χ2n) is 3.25. The molecule has 2 rings (SSSR count). The molecule has 0 spiro atoms. The van der Waals surface area contributed by atoms with Gasteiger partial charge in [0.05, 0.1) is 17.5 Å². The van der Waals surface area contributed by atoms with Crippen LogP contribution in [0.4, 0.5) is 5.69 Å². The van der Waals surface area contributed by atoms with Gasteiger partial charge in [0.25, 0.3) is 5.91 Å². The van der Waals surface area contributed by atoms with Crippen LogP contribution in [-0.2, 0) is 14.3 Å². The fourth-order valence-electron chi connectivity index (χ4n) is 1.47. The minimum atomic E-state index is -0.163. The first-order valence-electron chi connectivity index (χ1n) is 4.64. The molecule has 84 valence electrons. The Morgan fingerprint density at radius 2 is 2.31 bits per heavy atom. The van der Waals surface area contributed by atoms with Crippen LogP contribution in [0.2, 0.25) is 0 Å². The van der Waals surface area contributed by atoms with Crippen LogP contribution in [0.3, 0.4) is 0 Å². The van der Waals surface area contributed by atoms with Crippen molar-refractivity contribution >= 4 is 33.1 Å². The largest absolute Gasteiger partial charge is 0.474 e. The molecule has 0 bridgehead atoms. The van der Waals surface area contributed by atoms with Gasteiger partial charge >= 0.3 is 0 Å². The summed E-state index contributed by atoms with van der Waals surface area (Å²) >= 11 is 3.35. The second kappa shape index (κ2) is 4.67. The molecule has 5 heteroatoms. The number of amides is 1. The molecule has 1 aromatic carbocycles. The fourth-order valence-corrected chi connectivity index (χ4v) is 1.83. The van der Waals surface area contributed by atoms with Crippen LogP contribution in [0.5, 0.6) is 0 Å². The molecule has 0 unspecified atom stereocenters. The number of carbonyl (C=O) groups excluding carboxylic acids is 1. The summed E-state index contributed by atoms with van der Waals surface area (Å²) in [6.07, 6.45) is 1.42. The number of ether oxygens (including phenoxy) is 2. The van der Waals surface area contributed by atoms with E-state index in [-0.39, 0.29) is 12.7 Å². The van der Waals surface area contributed by atoms with Gasteiger partial charge in [-0.05, 0) is 12.1 Å². The lowest BCUT2D eigenvalue weighted by Crippen LogP contribution is -2.04. The lowest BCUT2D eigenvalue weighted by atomic mass is 10.1. The monoisotopic (exact) mass is 283 g/mol. The molecule has 1 N–H and O–H groups in total. The van der Waals surface area contributed by atoms with Gasteiger partial charge in [-0.3, -0.25) is 4.79 Å². The molecule has 1 aliphatic rings. The smallest absolute Gasteiger partial charge is 0.259 e. The Morgan fingerprint density at radius 1 is 1.50 bits per heavy atom. The molecule has 1 heterocycles. The molecule has 0 saturated heterocycles. The molecule has 1 aromatic rings. The number of hydrogen-bond acceptors (Lipinski definition) is 3. The molecule has 16 heavy (non-hydrogen) atoms. The van der Waals surface area contributed by atoms with Crippen molar-refractivity contribution in [2.24, 2.45) is 0 Å². The first-order chi connectivity index (χ1) is 7.72. The van der Waals surface area contributed by atoms with E-state index in [4.69, 9.17) is 9.47 Å². The molecule has 1 aliphatic heterocycles. The third-order valence-corrected chi connectivity index (χ3v) is 2.64. The number of anilines is 1. The van der Waals surface area contributed by atoms with Gasteiger partial charge in [-0.15, -0.1) is 0 Å². The quantitative estimate of drug-likeness (QED) is 0.401. The lowest BCUT2D eigenvalue weighted by molar-refractivity contribution is -0.110. The minimum absolute atomic E-state index is 0.128. The Morgan fingerprint density at radius 3 is 3.06 bits per heavy atom. The van der Waals surface area contributed by atoms with Crippen LogP contribution in [0.25, 0.3) is 5.57 Å². The molecule has 0 aliphatic carbocycles. The summed E-state index contributed by atoms with van der Waals surface area (Å²) in [5, 5.41) is 2.76. The zero-order valence-corrected chi connectivity index (χ0v) is 10.2. The van der Waals surface area contributed by atoms with Crippen molar-refractivity contribution in [1.29, 1.82) is 0 Å². The highest BCUT2D eigenvalue weighted by Crippen LogP contribution is 2.33. The lowest BCUT2D eigenvalue weighted by Gasteiger charge is -2.00. The van der Waals surface area contributed by atoms with E-state index in [1.54, 1.807) is 0 Å². The number of fused-ring (bicyclic) bond motifs is 1. The van der Waals surface area contributed by atoms with Crippen molar-refractivity contribution < 1.29 is 14.3 Å². The maximum atomic E-state index is 11.6. The molecular formula is C11H10BrNO3. The third-order valence-electron chi connectivity index (χ3n) is 2.15. The van der Waals surface area contributed by atoms with Gasteiger partial charge in [-0.25, -0.2) is 0 Å². The van der Waals surface area contributed by atoms with Crippen molar-refractivity contribution in [3.63, 3.8) is 0 Å². The van der Waals surface area contributed by atoms with E-state index in [9.17, 15) is 4.79 Å². The van der Waals surface area contributed by atoms with E-state index in [1.165, 1.54) is 13.4 Å². The number of halogens is 1. The summed E-state index contributed by atoms with van der Waals surface area (Å²) in [7, 11) is 1.53. The van der Waals surface area contributed by atoms with Crippen molar-refractivity contribution in [2.75, 3.05) is 19.2 Å². The van der Waals surface area contributed by atoms with Crippen molar-refractivity contribution in [2.45, 2.75) is 0 Å². The van der Waals surface area contributed by atoms with E-state index >= 15 is 0 Å². The van der Waals surface area contributed by atoms with Crippen LogP contribution in [0.15, 0.2) is 28.9 Å². The first kappa shape index (κ1) is 11.2. The number of hydrogen-bond donors (Lipinski definition) is 1. The van der Waals surface area contributed by atoms with Crippen LogP contribution < -0.4 is 5.32 Å². The number of methoxy groups -OCH3 is 1. The number of benzene rings is 1. The van der Waals surface area contributed by atoms with Crippen LogP contribution >= 0.6 is 15.9 Å². The number of rotatable bonds is 3.